The van der Waals surface area contributed by atoms with Crippen LogP contribution in [0.3, 0.4) is 0 Å². The lowest BCUT2D eigenvalue weighted by molar-refractivity contribution is 0.208. The van der Waals surface area contributed by atoms with Crippen LogP contribution < -0.4 is 19.7 Å². The van der Waals surface area contributed by atoms with E-state index in [1.54, 1.807) is 48.2 Å². The topological polar surface area (TPSA) is 97.6 Å². The number of para-hydroxylation sites is 1. The number of hydrogen-bond donors (Lipinski definition) is 1. The number of benzene rings is 1. The van der Waals surface area contributed by atoms with Crippen molar-refractivity contribution < 1.29 is 14.3 Å². The van der Waals surface area contributed by atoms with Crippen LogP contribution in [0.2, 0.25) is 0 Å². The lowest BCUT2D eigenvalue weighted by atomic mass is 10.2. The zero-order valence-corrected chi connectivity index (χ0v) is 16.9. The van der Waals surface area contributed by atoms with Crippen LogP contribution in [0.15, 0.2) is 48.8 Å². The number of anilines is 2. The minimum Gasteiger partial charge on any atom is -0.493 e. The van der Waals surface area contributed by atoms with Crippen molar-refractivity contribution in [2.24, 2.45) is 0 Å². The molecule has 3 heterocycles. The van der Waals surface area contributed by atoms with Gasteiger partial charge in [-0.1, -0.05) is 6.07 Å². The summed E-state index contributed by atoms with van der Waals surface area (Å²) in [5, 5.41) is 15.6. The van der Waals surface area contributed by atoms with Gasteiger partial charge in [-0.3, -0.25) is 0 Å². The molecule has 4 rings (SSSR count). The maximum Gasteiger partial charge on any atom is 0.322 e. The minimum atomic E-state index is -0.179. The first kappa shape index (κ1) is 19.5. The van der Waals surface area contributed by atoms with E-state index in [0.717, 1.165) is 5.82 Å². The molecule has 1 aliphatic rings. The van der Waals surface area contributed by atoms with E-state index in [4.69, 9.17) is 9.47 Å². The summed E-state index contributed by atoms with van der Waals surface area (Å²) < 4.78 is 12.3. The average molecular weight is 409 g/mol. The van der Waals surface area contributed by atoms with Crippen LogP contribution in [0.5, 0.6) is 11.5 Å². The van der Waals surface area contributed by atoms with Gasteiger partial charge in [0.1, 0.15) is 0 Å². The Balaban J connectivity index is 1.36. The van der Waals surface area contributed by atoms with Gasteiger partial charge in [0.15, 0.2) is 23.1 Å². The molecule has 0 atom stereocenters. The molecule has 1 aliphatic heterocycles. The third kappa shape index (κ3) is 3.97. The number of methoxy groups -OCH3 is 2. The standard InChI is InChI=1S/C20H23N7O3/c1-29-16-6-3-5-15(19(16)30-2)22-20(28)26-13-11-25(12-14-26)17-7-8-18(24-23-17)27-10-4-9-21-27/h3-10H,11-14H2,1-2H3,(H,22,28). The molecule has 30 heavy (non-hydrogen) atoms. The van der Waals surface area contributed by atoms with Crippen LogP contribution >= 0.6 is 0 Å². The van der Waals surface area contributed by atoms with Crippen molar-refractivity contribution in [1.82, 2.24) is 24.9 Å². The summed E-state index contributed by atoms with van der Waals surface area (Å²) >= 11 is 0. The number of carbonyl (C=O) groups excluding carboxylic acids is 1. The minimum absolute atomic E-state index is 0.179. The molecule has 1 fully saturated rings. The SMILES string of the molecule is COc1cccc(NC(=O)N2CCN(c3ccc(-n4cccn4)nn3)CC2)c1OC. The van der Waals surface area contributed by atoms with Gasteiger partial charge in [0, 0.05) is 38.6 Å². The molecule has 0 unspecified atom stereocenters. The van der Waals surface area contributed by atoms with E-state index in [-0.39, 0.29) is 6.03 Å². The molecule has 0 saturated carbocycles. The molecule has 1 saturated heterocycles. The Kier molecular flexibility index (Phi) is 5.64. The molecule has 0 aliphatic carbocycles. The molecular formula is C20H23N7O3. The summed E-state index contributed by atoms with van der Waals surface area (Å²) in [5.41, 5.74) is 0.573. The number of urea groups is 1. The predicted octanol–water partition coefficient (Wildman–Crippen LogP) is 2.03. The second-order valence-corrected chi connectivity index (χ2v) is 6.65. The van der Waals surface area contributed by atoms with E-state index in [0.29, 0.717) is 49.2 Å². The number of aromatic nitrogens is 4. The number of nitrogens with zero attached hydrogens (tertiary/aromatic N) is 6. The van der Waals surface area contributed by atoms with Gasteiger partial charge < -0.3 is 24.6 Å². The van der Waals surface area contributed by atoms with Crippen LogP contribution in [0.4, 0.5) is 16.3 Å². The van der Waals surface area contributed by atoms with E-state index in [1.807, 2.05) is 24.4 Å². The van der Waals surface area contributed by atoms with Crippen molar-refractivity contribution in [1.29, 1.82) is 0 Å². The van der Waals surface area contributed by atoms with Crippen LogP contribution in [0.25, 0.3) is 5.82 Å². The van der Waals surface area contributed by atoms with E-state index >= 15 is 0 Å². The van der Waals surface area contributed by atoms with Crippen molar-refractivity contribution >= 4 is 17.5 Å². The Morgan fingerprint density at radius 2 is 1.73 bits per heavy atom. The Labute approximate surface area is 174 Å². The fourth-order valence-electron chi connectivity index (χ4n) is 3.33. The maximum absolute atomic E-state index is 12.7. The Bertz CT molecular complexity index is 984. The maximum atomic E-state index is 12.7. The summed E-state index contributed by atoms with van der Waals surface area (Å²) in [4.78, 5) is 16.6. The lowest BCUT2D eigenvalue weighted by Gasteiger charge is -2.35. The van der Waals surface area contributed by atoms with Crippen LogP contribution in [0, 0.1) is 0 Å². The highest BCUT2D eigenvalue weighted by atomic mass is 16.5. The monoisotopic (exact) mass is 409 g/mol. The summed E-state index contributed by atoms with van der Waals surface area (Å²) in [5.74, 6) is 2.51. The summed E-state index contributed by atoms with van der Waals surface area (Å²) in [6.07, 6.45) is 3.51. The number of hydrogen-bond acceptors (Lipinski definition) is 7. The highest BCUT2D eigenvalue weighted by Gasteiger charge is 2.23. The molecular weight excluding hydrogens is 386 g/mol. The largest absolute Gasteiger partial charge is 0.493 e. The average Bonchev–Trinajstić information content (AvgIpc) is 3.34. The van der Waals surface area contributed by atoms with Gasteiger partial charge in [-0.25, -0.2) is 9.48 Å². The Morgan fingerprint density at radius 3 is 2.37 bits per heavy atom. The highest BCUT2D eigenvalue weighted by Crippen LogP contribution is 2.34. The first-order valence-corrected chi connectivity index (χ1v) is 9.55. The Morgan fingerprint density at radius 1 is 0.967 bits per heavy atom. The number of piperazine rings is 1. The smallest absolute Gasteiger partial charge is 0.322 e. The zero-order valence-electron chi connectivity index (χ0n) is 16.9. The van der Waals surface area contributed by atoms with Gasteiger partial charge >= 0.3 is 6.03 Å². The first-order valence-electron chi connectivity index (χ1n) is 9.55. The van der Waals surface area contributed by atoms with E-state index in [1.165, 1.54) is 0 Å². The molecule has 1 N–H and O–H groups in total. The fraction of sp³-hybridized carbons (Fsp3) is 0.300. The Hall–Kier alpha value is -3.82. The molecule has 0 radical (unpaired) electrons. The third-order valence-corrected chi connectivity index (χ3v) is 4.91. The van der Waals surface area contributed by atoms with Crippen LogP contribution in [-0.2, 0) is 0 Å². The second kappa shape index (κ2) is 8.68. The molecule has 0 bridgehead atoms. The summed E-state index contributed by atoms with van der Waals surface area (Å²) in [6, 6.07) is 10.8. The van der Waals surface area contributed by atoms with Gasteiger partial charge in [-0.2, -0.15) is 5.10 Å². The van der Waals surface area contributed by atoms with Gasteiger partial charge in [0.2, 0.25) is 0 Å². The lowest BCUT2D eigenvalue weighted by Crippen LogP contribution is -2.50. The number of amides is 2. The predicted molar refractivity (Wildman–Crippen MR) is 112 cm³/mol. The molecule has 2 amide bonds. The molecule has 10 heteroatoms. The number of carbonyl (C=O) groups is 1. The summed E-state index contributed by atoms with van der Waals surface area (Å²) in [7, 11) is 3.11. The molecule has 1 aromatic carbocycles. The van der Waals surface area contributed by atoms with Gasteiger partial charge in [-0.05, 0) is 30.3 Å². The van der Waals surface area contributed by atoms with Crippen molar-refractivity contribution in [3.05, 3.63) is 48.8 Å². The highest BCUT2D eigenvalue weighted by molar-refractivity contribution is 5.91. The van der Waals surface area contributed by atoms with Gasteiger partial charge in [0.25, 0.3) is 0 Å². The molecule has 156 valence electrons. The van der Waals surface area contributed by atoms with Crippen LogP contribution in [-0.4, -0.2) is 71.3 Å². The molecule has 3 aromatic rings. The van der Waals surface area contributed by atoms with Crippen molar-refractivity contribution in [2.45, 2.75) is 0 Å². The van der Waals surface area contributed by atoms with E-state index in [2.05, 4.69) is 25.5 Å². The number of nitrogens with one attached hydrogen (secondary N) is 1. The van der Waals surface area contributed by atoms with E-state index in [9.17, 15) is 4.79 Å². The number of rotatable bonds is 5. The van der Waals surface area contributed by atoms with Crippen molar-refractivity contribution in [3.8, 4) is 17.3 Å². The van der Waals surface area contributed by atoms with E-state index < -0.39 is 0 Å². The fourth-order valence-corrected chi connectivity index (χ4v) is 3.33. The number of ether oxygens (including phenoxy) is 2. The third-order valence-electron chi connectivity index (χ3n) is 4.91. The first-order chi connectivity index (χ1) is 14.7. The van der Waals surface area contributed by atoms with Gasteiger partial charge in [0.05, 0.1) is 19.9 Å². The van der Waals surface area contributed by atoms with Gasteiger partial charge in [-0.15, -0.1) is 10.2 Å². The van der Waals surface area contributed by atoms with Crippen molar-refractivity contribution in [2.75, 3.05) is 50.6 Å². The molecule has 0 spiro atoms. The van der Waals surface area contributed by atoms with Crippen molar-refractivity contribution in [3.63, 3.8) is 0 Å². The quantitative estimate of drug-likeness (QED) is 0.689. The summed E-state index contributed by atoms with van der Waals surface area (Å²) in [6.45, 7) is 2.47. The normalized spacial score (nSPS) is 13.8. The zero-order chi connectivity index (χ0) is 20.9. The molecule has 10 nitrogen and oxygen atoms in total. The second-order valence-electron chi connectivity index (χ2n) is 6.65. The molecule has 2 aromatic heterocycles. The van der Waals surface area contributed by atoms with Crippen LogP contribution in [0.1, 0.15) is 0 Å².